The van der Waals surface area contributed by atoms with Crippen molar-refractivity contribution >= 4 is 55.8 Å². The minimum atomic E-state index is -0.125. The molecule has 10 aromatic carbocycles. The van der Waals surface area contributed by atoms with E-state index >= 15 is 0 Å². The molecule has 0 spiro atoms. The molecule has 4 N–H and O–H groups in total. The van der Waals surface area contributed by atoms with Gasteiger partial charge in [0.25, 0.3) is 0 Å². The fourth-order valence-electron chi connectivity index (χ4n) is 12.9. The summed E-state index contributed by atoms with van der Waals surface area (Å²) in [4.78, 5) is 63.0. The molecule has 1 aliphatic rings. The minimum absolute atomic E-state index is 0. The van der Waals surface area contributed by atoms with E-state index in [4.69, 9.17) is 35.4 Å². The summed E-state index contributed by atoms with van der Waals surface area (Å²) < 4.78 is 0. The summed E-state index contributed by atoms with van der Waals surface area (Å²) in [7, 11) is 0. The van der Waals surface area contributed by atoms with Gasteiger partial charge in [-0.15, -0.1) is 171 Å². The van der Waals surface area contributed by atoms with Gasteiger partial charge < -0.3 is 30.4 Å². The number of pyridine rings is 5. The molecule has 0 saturated heterocycles. The fraction of sp³-hybridized carbons (Fsp3) is 0.150. The van der Waals surface area contributed by atoms with E-state index < -0.39 is 0 Å². The van der Waals surface area contributed by atoms with Gasteiger partial charge in [-0.1, -0.05) is 216 Å². The van der Waals surface area contributed by atoms with E-state index in [1.807, 2.05) is 134 Å². The van der Waals surface area contributed by atoms with Gasteiger partial charge >= 0.3 is 0 Å². The first-order valence-corrected chi connectivity index (χ1v) is 39.0. The summed E-state index contributed by atoms with van der Waals surface area (Å²) in [5.41, 5.74) is 27.2. The average molecular weight is 2550 g/mol. The van der Waals surface area contributed by atoms with E-state index in [2.05, 4.69) is 234 Å². The summed E-state index contributed by atoms with van der Waals surface area (Å²) in [6.07, 6.45) is 8.31. The number of carbonyl (C=O) groups is 4. The Labute approximate surface area is 803 Å². The third-order valence-electron chi connectivity index (χ3n) is 17.9. The maximum Gasteiger partial charge on any atom is 0.155 e. The third-order valence-corrected chi connectivity index (χ3v) is 17.9. The van der Waals surface area contributed by atoms with Crippen LogP contribution in [0.2, 0.25) is 0 Å². The molecule has 0 unspecified atom stereocenters. The van der Waals surface area contributed by atoms with Crippen molar-refractivity contribution in [2.45, 2.75) is 109 Å². The number of para-hydroxylation sites is 3. The molecule has 5 heterocycles. The number of ketones is 4. The second-order valence-electron chi connectivity index (χ2n) is 29.2. The Bertz CT molecular complexity index is 5970. The predicted molar refractivity (Wildman–Crippen MR) is 490 cm³/mol. The Morgan fingerprint density at radius 1 is 0.328 bits per heavy atom. The van der Waals surface area contributed by atoms with Crippen LogP contribution in [0.3, 0.4) is 0 Å². The van der Waals surface area contributed by atoms with E-state index in [1.54, 1.807) is 6.20 Å². The smallest absolute Gasteiger partial charge is 0.155 e. The van der Waals surface area contributed by atoms with Crippen molar-refractivity contribution in [3.05, 3.63) is 402 Å². The SMILES string of the molecule is CC(=O)C=C(C)O.CC(=O)C=C(C)O.CC(=O)C=C(C)O.CC(=O)C=C(C)O.CC1(C)c2ccccc2-c2c[c-]c(-c3ccc4ccccc4n3)cc21.Cc1[c-]c(-c2ccc3ccccc3n2)cc(C)c1.Cc1c[c-]c(-c2ccc3ccccc3n2)c(C)c1.Cc1cccc(-c2ccnc(-c3[c-]cccc3)c2)c1.[Ir].[Ir].[Ir].[Ir].[Ir].[c-]1ccccc1-c1ccccn1. The zero-order chi connectivity index (χ0) is 86.8. The van der Waals surface area contributed by atoms with E-state index in [-0.39, 0.29) is 152 Å². The molecule has 5 radical (unpaired) electrons. The Morgan fingerprint density at radius 2 is 0.776 bits per heavy atom. The van der Waals surface area contributed by atoms with Crippen LogP contribution in [-0.4, -0.2) is 68.5 Å². The van der Waals surface area contributed by atoms with Crippen LogP contribution in [0.15, 0.2) is 333 Å². The molecule has 5 aromatic heterocycles. The summed E-state index contributed by atoms with van der Waals surface area (Å²) in [5.74, 6) is -0.250. The van der Waals surface area contributed by atoms with Crippen LogP contribution < -0.4 is 0 Å². The molecule has 0 fully saturated rings. The molecule has 0 saturated carbocycles. The number of aliphatic hydroxyl groups excluding tert-OH is 4. The van der Waals surface area contributed by atoms with Gasteiger partial charge in [-0.05, 0) is 159 Å². The number of allylic oxidation sites excluding steroid dienone is 8. The van der Waals surface area contributed by atoms with Gasteiger partial charge in [0.05, 0.1) is 39.6 Å². The Kier molecular flexibility index (Phi) is 47.1. The first-order valence-electron chi connectivity index (χ1n) is 39.0. The van der Waals surface area contributed by atoms with Gasteiger partial charge in [0.1, 0.15) is 0 Å². The molecule has 0 amide bonds. The van der Waals surface area contributed by atoms with Crippen LogP contribution in [0.5, 0.6) is 0 Å². The molecule has 651 valence electrons. The van der Waals surface area contributed by atoms with Crippen LogP contribution in [0.1, 0.15) is 108 Å². The van der Waals surface area contributed by atoms with Crippen LogP contribution >= 0.6 is 0 Å². The first kappa shape index (κ1) is 108. The molecule has 0 atom stereocenters. The van der Waals surface area contributed by atoms with Crippen molar-refractivity contribution in [3.8, 4) is 78.5 Å². The standard InChI is InChI=1S/C24H18N.C18H14N.2C17H14N.C11H8N.4C5H8O2.5Ir/c1-24(2)20-9-5-4-8-18(20)19-13-11-17(15-21(19)24)23-14-12-16-7-3-6-10-22(16)25-23;1-14-6-5-9-16(12-14)17-10-11-19-18(13-17)15-7-3-2-4-8-15;1-12-7-9-15(13(2)11-12)17-10-8-14-5-3-4-6-16(14)18-17;1-12-9-13(2)11-15(10-12)17-8-7-14-5-3-4-6-16(14)18-17;1-2-6-10(7-3-1)11-8-4-5-9-12-11;4*1-4(6)3-5(2)7;;;;;/h3-10,12-15H,1-2H3;2-7,9-13H,1H3;3-8,10-11H,1-2H3;3-10H,1-2H3;1-6,8-9H;4*3,6H,1-2H3;;;;;/q5*-1;;;;;;;;;. The zero-order valence-electron chi connectivity index (χ0n) is 72.3. The van der Waals surface area contributed by atoms with E-state index in [9.17, 15) is 19.2 Å². The number of aryl methyl sites for hydroxylation is 5. The normalized spacial score (nSPS) is 11.0. The van der Waals surface area contributed by atoms with Gasteiger partial charge in [-0.3, -0.25) is 34.1 Å². The van der Waals surface area contributed by atoms with Crippen LogP contribution in [0.25, 0.3) is 111 Å². The molecule has 15 aromatic rings. The molecular formula is C107H100Ir5N5O8-5. The number of aromatic nitrogens is 5. The Balaban J connectivity index is 0.000000375. The second-order valence-corrected chi connectivity index (χ2v) is 29.2. The van der Waals surface area contributed by atoms with Crippen molar-refractivity contribution in [1.82, 2.24) is 24.9 Å². The summed E-state index contributed by atoms with van der Waals surface area (Å²) in [6, 6.07) is 109. The number of fused-ring (bicyclic) bond motifs is 6. The molecule has 1 aliphatic carbocycles. The van der Waals surface area contributed by atoms with E-state index in [1.165, 1.54) is 151 Å². The van der Waals surface area contributed by atoms with Crippen molar-refractivity contribution in [1.29, 1.82) is 0 Å². The monoisotopic (exact) mass is 2550 g/mol. The molecule has 0 bridgehead atoms. The molecule has 18 heteroatoms. The van der Waals surface area contributed by atoms with Gasteiger partial charge in [-0.2, -0.15) is 0 Å². The maximum absolute atomic E-state index is 10.0. The van der Waals surface area contributed by atoms with E-state index in [0.29, 0.717) is 0 Å². The van der Waals surface area contributed by atoms with Crippen LogP contribution in [0, 0.1) is 65.0 Å². The second kappa shape index (κ2) is 54.5. The number of hydrogen-bond acceptors (Lipinski definition) is 13. The first-order chi connectivity index (χ1) is 57.4. The van der Waals surface area contributed by atoms with Gasteiger partial charge in [0, 0.05) is 137 Å². The number of rotatable bonds is 10. The summed E-state index contributed by atoms with van der Waals surface area (Å²) in [5, 5.41) is 37.0. The summed E-state index contributed by atoms with van der Waals surface area (Å²) >= 11 is 0. The number of carbonyl (C=O) groups excluding carboxylic acids is 4. The topological polar surface area (TPSA) is 214 Å². The summed E-state index contributed by atoms with van der Waals surface area (Å²) in [6.45, 7) is 26.5. The van der Waals surface area contributed by atoms with Crippen LogP contribution in [0.4, 0.5) is 0 Å². The zero-order valence-corrected chi connectivity index (χ0v) is 84.2. The van der Waals surface area contributed by atoms with Gasteiger partial charge in [0.15, 0.2) is 23.1 Å². The molecule has 13 nitrogen and oxygen atoms in total. The van der Waals surface area contributed by atoms with Crippen LogP contribution in [-0.2, 0) is 125 Å². The van der Waals surface area contributed by atoms with Crippen molar-refractivity contribution in [2.75, 3.05) is 0 Å². The Morgan fingerprint density at radius 3 is 1.23 bits per heavy atom. The fourth-order valence-corrected chi connectivity index (χ4v) is 12.9. The number of hydrogen-bond donors (Lipinski definition) is 4. The maximum atomic E-state index is 10.0. The largest absolute Gasteiger partial charge is 0.512 e. The van der Waals surface area contributed by atoms with Crippen molar-refractivity contribution in [2.24, 2.45) is 0 Å². The van der Waals surface area contributed by atoms with Gasteiger partial charge in [-0.25, -0.2) is 0 Å². The predicted octanol–water partition coefficient (Wildman–Crippen LogP) is 25.9. The molecule has 16 rings (SSSR count). The van der Waals surface area contributed by atoms with Crippen molar-refractivity contribution in [3.63, 3.8) is 0 Å². The number of benzene rings is 10. The molecule has 125 heavy (non-hydrogen) atoms. The third kappa shape index (κ3) is 35.4. The number of nitrogens with zero attached hydrogens (tertiary/aromatic N) is 5. The average Bonchev–Trinajstić information content (AvgIpc) is 1.58. The van der Waals surface area contributed by atoms with E-state index in [0.717, 1.165) is 78.4 Å². The number of aliphatic hydroxyl groups is 4. The van der Waals surface area contributed by atoms with Crippen molar-refractivity contribution < 1.29 is 140 Å². The Hall–Kier alpha value is -11.2. The quantitative estimate of drug-likeness (QED) is 0.0570. The molecule has 0 aliphatic heterocycles. The van der Waals surface area contributed by atoms with Gasteiger partial charge in [0.2, 0.25) is 0 Å². The molecular weight excluding hydrogens is 2440 g/mol. The minimum Gasteiger partial charge on any atom is -0.512 e.